The van der Waals surface area contributed by atoms with Crippen molar-refractivity contribution in [2.45, 2.75) is 31.7 Å². The molecule has 1 aliphatic heterocycles. The number of hydrogen-bond acceptors (Lipinski definition) is 5. The lowest BCUT2D eigenvalue weighted by Crippen LogP contribution is -2.32. The third-order valence-corrected chi connectivity index (χ3v) is 6.58. The standard InChI is InChI=1S/C21H25NO5S/c1-3-14-28(24,25)19-11-6-5-9-17(19)21(23)22(4-2)15-16-8-7-10-18-20(16)27-13-12-26-18/h5-11H,3-4,12-15H2,1-2H3. The number of carbonyl (C=O) groups excluding carboxylic acids is 1. The zero-order valence-electron chi connectivity index (χ0n) is 16.2. The highest BCUT2D eigenvalue weighted by molar-refractivity contribution is 7.91. The van der Waals surface area contributed by atoms with E-state index in [4.69, 9.17) is 9.47 Å². The van der Waals surface area contributed by atoms with Crippen LogP contribution in [0.4, 0.5) is 0 Å². The first-order chi connectivity index (χ1) is 13.5. The van der Waals surface area contributed by atoms with Gasteiger partial charge in [0.05, 0.1) is 16.2 Å². The van der Waals surface area contributed by atoms with Crippen LogP contribution in [-0.4, -0.2) is 44.7 Å². The van der Waals surface area contributed by atoms with Crippen molar-refractivity contribution in [3.05, 3.63) is 53.6 Å². The van der Waals surface area contributed by atoms with Gasteiger partial charge in [-0.1, -0.05) is 31.2 Å². The van der Waals surface area contributed by atoms with E-state index < -0.39 is 9.84 Å². The molecule has 0 unspecified atom stereocenters. The number of ether oxygens (including phenoxy) is 2. The molecule has 0 bridgehead atoms. The van der Waals surface area contributed by atoms with Crippen LogP contribution in [0.15, 0.2) is 47.4 Å². The summed E-state index contributed by atoms with van der Waals surface area (Å²) in [4.78, 5) is 14.9. The highest BCUT2D eigenvalue weighted by Crippen LogP contribution is 2.34. The molecule has 0 aromatic heterocycles. The molecule has 0 spiro atoms. The quantitative estimate of drug-likeness (QED) is 0.709. The van der Waals surface area contributed by atoms with E-state index in [0.717, 1.165) is 5.56 Å². The Hall–Kier alpha value is -2.54. The van der Waals surface area contributed by atoms with Gasteiger partial charge in [-0.2, -0.15) is 0 Å². The van der Waals surface area contributed by atoms with Crippen molar-refractivity contribution in [2.24, 2.45) is 0 Å². The van der Waals surface area contributed by atoms with Gasteiger partial charge in [0.25, 0.3) is 5.91 Å². The van der Waals surface area contributed by atoms with Gasteiger partial charge in [0, 0.05) is 18.7 Å². The number of para-hydroxylation sites is 1. The number of hydrogen-bond donors (Lipinski definition) is 0. The predicted octanol–water partition coefficient (Wildman–Crippen LogP) is 3.30. The van der Waals surface area contributed by atoms with Crippen molar-refractivity contribution in [1.29, 1.82) is 0 Å². The van der Waals surface area contributed by atoms with Crippen molar-refractivity contribution < 1.29 is 22.7 Å². The van der Waals surface area contributed by atoms with Gasteiger partial charge in [-0.25, -0.2) is 8.42 Å². The summed E-state index contributed by atoms with van der Waals surface area (Å²) in [6, 6.07) is 12.0. The van der Waals surface area contributed by atoms with Gasteiger partial charge in [0.2, 0.25) is 0 Å². The second-order valence-electron chi connectivity index (χ2n) is 6.58. The van der Waals surface area contributed by atoms with Crippen LogP contribution in [0.25, 0.3) is 0 Å². The molecular weight excluding hydrogens is 378 g/mol. The Kier molecular flexibility index (Phi) is 6.24. The van der Waals surface area contributed by atoms with E-state index in [1.165, 1.54) is 6.07 Å². The van der Waals surface area contributed by atoms with Crippen LogP contribution in [0.1, 0.15) is 36.2 Å². The monoisotopic (exact) mass is 403 g/mol. The number of rotatable bonds is 7. The molecule has 6 nitrogen and oxygen atoms in total. The molecule has 1 aliphatic rings. The molecule has 0 radical (unpaired) electrons. The van der Waals surface area contributed by atoms with Crippen LogP contribution in [0, 0.1) is 0 Å². The fraction of sp³-hybridized carbons (Fsp3) is 0.381. The fourth-order valence-corrected chi connectivity index (χ4v) is 4.79. The van der Waals surface area contributed by atoms with Crippen LogP contribution in [0.2, 0.25) is 0 Å². The van der Waals surface area contributed by atoms with Gasteiger partial charge in [-0.3, -0.25) is 4.79 Å². The van der Waals surface area contributed by atoms with Gasteiger partial charge in [-0.05, 0) is 31.5 Å². The molecule has 0 atom stereocenters. The molecule has 0 fully saturated rings. The lowest BCUT2D eigenvalue weighted by atomic mass is 10.1. The van der Waals surface area contributed by atoms with Crippen molar-refractivity contribution in [3.8, 4) is 11.5 Å². The highest BCUT2D eigenvalue weighted by atomic mass is 32.2. The summed E-state index contributed by atoms with van der Waals surface area (Å²) < 4.78 is 36.6. The lowest BCUT2D eigenvalue weighted by Gasteiger charge is -2.26. The molecule has 1 heterocycles. The predicted molar refractivity (Wildman–Crippen MR) is 107 cm³/mol. The number of nitrogens with zero attached hydrogens (tertiary/aromatic N) is 1. The van der Waals surface area contributed by atoms with E-state index in [9.17, 15) is 13.2 Å². The maximum Gasteiger partial charge on any atom is 0.255 e. The van der Waals surface area contributed by atoms with Crippen molar-refractivity contribution in [1.82, 2.24) is 4.90 Å². The fourth-order valence-electron chi connectivity index (χ4n) is 3.26. The molecule has 2 aromatic carbocycles. The third kappa shape index (κ3) is 4.14. The molecule has 0 saturated carbocycles. The Morgan fingerprint density at radius 3 is 2.54 bits per heavy atom. The Labute approximate surface area is 166 Å². The van der Waals surface area contributed by atoms with Gasteiger partial charge >= 0.3 is 0 Å². The summed E-state index contributed by atoms with van der Waals surface area (Å²) in [5, 5.41) is 0. The minimum atomic E-state index is -3.51. The zero-order chi connectivity index (χ0) is 20.1. The third-order valence-electron chi connectivity index (χ3n) is 4.60. The first-order valence-electron chi connectivity index (χ1n) is 9.46. The van der Waals surface area contributed by atoms with Crippen LogP contribution >= 0.6 is 0 Å². The van der Waals surface area contributed by atoms with E-state index in [-0.39, 0.29) is 22.1 Å². The molecule has 0 aliphatic carbocycles. The van der Waals surface area contributed by atoms with Crippen molar-refractivity contribution in [2.75, 3.05) is 25.5 Å². The molecule has 1 amide bonds. The normalized spacial score (nSPS) is 13.2. The second kappa shape index (κ2) is 8.65. The molecular formula is C21H25NO5S. The number of amides is 1. The molecule has 150 valence electrons. The van der Waals surface area contributed by atoms with Gasteiger partial charge in [0.1, 0.15) is 13.2 Å². The summed E-state index contributed by atoms with van der Waals surface area (Å²) >= 11 is 0. The van der Waals surface area contributed by atoms with Crippen LogP contribution in [-0.2, 0) is 16.4 Å². The summed E-state index contributed by atoms with van der Waals surface area (Å²) in [7, 11) is -3.51. The molecule has 28 heavy (non-hydrogen) atoms. The van der Waals surface area contributed by atoms with Crippen LogP contribution in [0.3, 0.4) is 0 Å². The maximum absolute atomic E-state index is 13.2. The minimum Gasteiger partial charge on any atom is -0.486 e. The summed E-state index contributed by atoms with van der Waals surface area (Å²) in [5.74, 6) is 1.01. The number of sulfone groups is 1. The average molecular weight is 404 g/mol. The highest BCUT2D eigenvalue weighted by Gasteiger charge is 2.26. The number of benzene rings is 2. The van der Waals surface area contributed by atoms with E-state index >= 15 is 0 Å². The van der Waals surface area contributed by atoms with E-state index in [1.807, 2.05) is 25.1 Å². The van der Waals surface area contributed by atoms with Crippen LogP contribution in [0.5, 0.6) is 11.5 Å². The molecule has 0 saturated heterocycles. The SMILES string of the molecule is CCCS(=O)(=O)c1ccccc1C(=O)N(CC)Cc1cccc2c1OCCO2. The Morgan fingerprint density at radius 2 is 1.79 bits per heavy atom. The zero-order valence-corrected chi connectivity index (χ0v) is 17.0. The van der Waals surface area contributed by atoms with Gasteiger partial charge < -0.3 is 14.4 Å². The first-order valence-corrected chi connectivity index (χ1v) is 11.1. The van der Waals surface area contributed by atoms with Gasteiger partial charge in [0.15, 0.2) is 21.3 Å². The van der Waals surface area contributed by atoms with Crippen molar-refractivity contribution >= 4 is 15.7 Å². The molecule has 0 N–H and O–H groups in total. The van der Waals surface area contributed by atoms with Gasteiger partial charge in [-0.15, -0.1) is 0 Å². The van der Waals surface area contributed by atoms with Crippen molar-refractivity contribution in [3.63, 3.8) is 0 Å². The summed E-state index contributed by atoms with van der Waals surface area (Å²) in [6.07, 6.45) is 0.496. The Balaban J connectivity index is 1.92. The lowest BCUT2D eigenvalue weighted by molar-refractivity contribution is 0.0745. The summed E-state index contributed by atoms with van der Waals surface area (Å²) in [5.41, 5.74) is 1.04. The largest absolute Gasteiger partial charge is 0.486 e. The average Bonchev–Trinajstić information content (AvgIpc) is 2.71. The number of carbonyl (C=O) groups is 1. The van der Waals surface area contributed by atoms with E-state index in [2.05, 4.69) is 0 Å². The van der Waals surface area contributed by atoms with E-state index in [0.29, 0.717) is 44.2 Å². The Morgan fingerprint density at radius 1 is 1.04 bits per heavy atom. The smallest absolute Gasteiger partial charge is 0.255 e. The minimum absolute atomic E-state index is 0.0147. The van der Waals surface area contributed by atoms with E-state index in [1.54, 1.807) is 30.0 Å². The summed E-state index contributed by atoms with van der Waals surface area (Å²) in [6.45, 7) is 5.38. The second-order valence-corrected chi connectivity index (χ2v) is 8.65. The molecule has 7 heteroatoms. The molecule has 3 rings (SSSR count). The number of fused-ring (bicyclic) bond motifs is 1. The Bertz CT molecular complexity index is 955. The van der Waals surface area contributed by atoms with Crippen LogP contribution < -0.4 is 9.47 Å². The maximum atomic E-state index is 13.2. The topological polar surface area (TPSA) is 72.9 Å². The first kappa shape index (κ1) is 20.2. The molecule has 2 aromatic rings.